The van der Waals surface area contributed by atoms with E-state index in [0.29, 0.717) is 41.8 Å². The summed E-state index contributed by atoms with van der Waals surface area (Å²) in [5.74, 6) is -0.139. The molecule has 0 saturated heterocycles. The number of hydrogen-bond acceptors (Lipinski definition) is 3. The Hall–Kier alpha value is -4.20. The molecule has 5 rings (SSSR count). The van der Waals surface area contributed by atoms with Crippen molar-refractivity contribution >= 4 is 11.8 Å². The molecule has 2 heterocycles. The van der Waals surface area contributed by atoms with Gasteiger partial charge in [-0.1, -0.05) is 60.7 Å². The molecular formula is C29H24F3N3O2. The molecule has 0 bridgehead atoms. The first-order valence-corrected chi connectivity index (χ1v) is 12.0. The molecule has 1 N–H and O–H groups in total. The van der Waals surface area contributed by atoms with Gasteiger partial charge in [-0.05, 0) is 35.7 Å². The Kier molecular flexibility index (Phi) is 6.65. The van der Waals surface area contributed by atoms with Crippen LogP contribution in [0.3, 0.4) is 0 Å². The van der Waals surface area contributed by atoms with Crippen LogP contribution in [0, 0.1) is 0 Å². The molecule has 0 radical (unpaired) electrons. The van der Waals surface area contributed by atoms with Crippen LogP contribution in [0.1, 0.15) is 61.3 Å². The molecule has 4 aromatic rings. The summed E-state index contributed by atoms with van der Waals surface area (Å²) in [5, 5.41) is 0. The molecule has 8 heteroatoms. The zero-order chi connectivity index (χ0) is 26.0. The van der Waals surface area contributed by atoms with Crippen LogP contribution in [0.5, 0.6) is 0 Å². The maximum Gasteiger partial charge on any atom is 0.416 e. The number of aryl methyl sites for hydroxylation is 1. The third-order valence-electron chi connectivity index (χ3n) is 6.65. The third kappa shape index (κ3) is 5.18. The first kappa shape index (κ1) is 24.5. The van der Waals surface area contributed by atoms with Gasteiger partial charge in [0.1, 0.15) is 5.82 Å². The van der Waals surface area contributed by atoms with Gasteiger partial charge in [-0.25, -0.2) is 4.98 Å². The molecule has 1 aliphatic rings. The van der Waals surface area contributed by atoms with Crippen LogP contribution < -0.4 is 0 Å². The van der Waals surface area contributed by atoms with Crippen molar-refractivity contribution in [3.8, 4) is 0 Å². The van der Waals surface area contributed by atoms with Crippen molar-refractivity contribution in [1.82, 2.24) is 14.9 Å². The van der Waals surface area contributed by atoms with Crippen molar-refractivity contribution in [2.24, 2.45) is 0 Å². The number of hydrogen-bond donors (Lipinski definition) is 1. The molecule has 0 spiro atoms. The molecule has 0 saturated carbocycles. The summed E-state index contributed by atoms with van der Waals surface area (Å²) < 4.78 is 40.0. The molecule has 0 aliphatic carbocycles. The van der Waals surface area contributed by atoms with E-state index in [1.807, 2.05) is 30.3 Å². The number of aromatic nitrogens is 2. The average Bonchev–Trinajstić information content (AvgIpc) is 3.45. The predicted octanol–water partition coefficient (Wildman–Crippen LogP) is 6.03. The van der Waals surface area contributed by atoms with E-state index in [2.05, 4.69) is 9.97 Å². The van der Waals surface area contributed by atoms with Crippen LogP contribution in [0.15, 0.2) is 85.1 Å². The van der Waals surface area contributed by atoms with E-state index in [4.69, 9.17) is 0 Å². The number of aromatic amines is 1. The zero-order valence-corrected chi connectivity index (χ0v) is 19.8. The highest BCUT2D eigenvalue weighted by Gasteiger charge is 2.35. The molecule has 3 aromatic carbocycles. The lowest BCUT2D eigenvalue weighted by Crippen LogP contribution is -2.31. The fourth-order valence-corrected chi connectivity index (χ4v) is 4.76. The number of halogens is 3. The highest BCUT2D eigenvalue weighted by molar-refractivity contribution is 6.21. The van der Waals surface area contributed by atoms with Gasteiger partial charge in [-0.15, -0.1) is 0 Å². The first-order valence-electron chi connectivity index (χ1n) is 12.0. The number of amides is 2. The van der Waals surface area contributed by atoms with Crippen molar-refractivity contribution in [3.63, 3.8) is 0 Å². The minimum atomic E-state index is -4.41. The van der Waals surface area contributed by atoms with Gasteiger partial charge < -0.3 is 4.98 Å². The second-order valence-corrected chi connectivity index (χ2v) is 9.04. The summed E-state index contributed by atoms with van der Waals surface area (Å²) in [6.07, 6.45) is -1.24. The molecule has 188 valence electrons. The van der Waals surface area contributed by atoms with Crippen LogP contribution in [0.4, 0.5) is 13.2 Å². The van der Waals surface area contributed by atoms with Gasteiger partial charge in [0, 0.05) is 37.2 Å². The quantitative estimate of drug-likeness (QED) is 0.299. The second kappa shape index (κ2) is 10.0. The van der Waals surface area contributed by atoms with Gasteiger partial charge in [-0.2, -0.15) is 13.2 Å². The highest BCUT2D eigenvalue weighted by Crippen LogP contribution is 2.34. The van der Waals surface area contributed by atoms with E-state index in [1.54, 1.807) is 36.5 Å². The number of nitrogens with one attached hydrogen (secondary N) is 1. The zero-order valence-electron chi connectivity index (χ0n) is 19.8. The van der Waals surface area contributed by atoms with E-state index in [0.717, 1.165) is 17.3 Å². The number of carbonyl (C=O) groups is 2. The molecular weight excluding hydrogens is 479 g/mol. The average molecular weight is 504 g/mol. The van der Waals surface area contributed by atoms with E-state index in [9.17, 15) is 22.8 Å². The lowest BCUT2D eigenvalue weighted by Gasteiger charge is -2.19. The van der Waals surface area contributed by atoms with E-state index in [1.165, 1.54) is 17.0 Å². The first-order chi connectivity index (χ1) is 17.8. The third-order valence-corrected chi connectivity index (χ3v) is 6.65. The normalized spacial score (nSPS) is 14.2. The van der Waals surface area contributed by atoms with Crippen molar-refractivity contribution in [1.29, 1.82) is 0 Å². The summed E-state index contributed by atoms with van der Waals surface area (Å²) in [6.45, 7) is 0.227. The largest absolute Gasteiger partial charge is 0.416 e. The summed E-state index contributed by atoms with van der Waals surface area (Å²) >= 11 is 0. The van der Waals surface area contributed by atoms with Crippen LogP contribution in [0.2, 0.25) is 0 Å². The summed E-state index contributed by atoms with van der Waals surface area (Å²) in [5.41, 5.74) is 2.47. The van der Waals surface area contributed by atoms with Gasteiger partial charge in [0.15, 0.2) is 0 Å². The number of nitrogens with zero attached hydrogens (tertiary/aromatic N) is 2. The van der Waals surface area contributed by atoms with E-state index >= 15 is 0 Å². The van der Waals surface area contributed by atoms with Gasteiger partial charge >= 0.3 is 6.18 Å². The summed E-state index contributed by atoms with van der Waals surface area (Å²) in [4.78, 5) is 34.1. The molecule has 0 fully saturated rings. The Morgan fingerprint density at radius 1 is 0.811 bits per heavy atom. The maximum atomic E-state index is 13.3. The molecule has 2 amide bonds. The van der Waals surface area contributed by atoms with Gasteiger partial charge in [0.05, 0.1) is 16.7 Å². The van der Waals surface area contributed by atoms with Crippen LogP contribution in [0.25, 0.3) is 0 Å². The van der Waals surface area contributed by atoms with Gasteiger partial charge in [0.2, 0.25) is 0 Å². The van der Waals surface area contributed by atoms with Crippen LogP contribution in [-0.4, -0.2) is 33.2 Å². The summed E-state index contributed by atoms with van der Waals surface area (Å²) in [7, 11) is 0. The number of rotatable bonds is 8. The Labute approximate surface area is 212 Å². The Bertz CT molecular complexity index is 1390. The lowest BCUT2D eigenvalue weighted by atomic mass is 9.86. The Morgan fingerprint density at radius 3 is 2.14 bits per heavy atom. The smallest absolute Gasteiger partial charge is 0.346 e. The van der Waals surface area contributed by atoms with Gasteiger partial charge in [0.25, 0.3) is 11.8 Å². The van der Waals surface area contributed by atoms with Crippen molar-refractivity contribution in [3.05, 3.63) is 124 Å². The maximum absolute atomic E-state index is 13.3. The number of H-pyrrole nitrogens is 1. The minimum Gasteiger partial charge on any atom is -0.346 e. The molecule has 37 heavy (non-hydrogen) atoms. The predicted molar refractivity (Wildman–Crippen MR) is 132 cm³/mol. The van der Waals surface area contributed by atoms with Crippen molar-refractivity contribution < 1.29 is 22.8 Å². The number of benzene rings is 3. The monoisotopic (exact) mass is 503 g/mol. The Balaban J connectivity index is 1.27. The molecule has 1 aliphatic heterocycles. The number of carbonyl (C=O) groups excluding carboxylic acids is 2. The summed E-state index contributed by atoms with van der Waals surface area (Å²) in [6, 6.07) is 21.7. The topological polar surface area (TPSA) is 66.1 Å². The highest BCUT2D eigenvalue weighted by atomic mass is 19.4. The fourth-order valence-electron chi connectivity index (χ4n) is 4.76. The molecule has 1 atom stereocenters. The number of imide groups is 1. The van der Waals surface area contributed by atoms with E-state index in [-0.39, 0.29) is 24.3 Å². The van der Waals surface area contributed by atoms with Crippen LogP contribution >= 0.6 is 0 Å². The molecule has 1 aromatic heterocycles. The van der Waals surface area contributed by atoms with E-state index < -0.39 is 11.7 Å². The second-order valence-electron chi connectivity index (χ2n) is 9.04. The van der Waals surface area contributed by atoms with Crippen molar-refractivity contribution in [2.45, 2.75) is 31.4 Å². The fraction of sp³-hybridized carbons (Fsp3) is 0.207. The standard InChI is InChI=1S/C29H24F3N3O2/c30-29(31,32)21-10-6-9-20(17-21)23(19-7-2-1-3-8-19)13-14-26-33-18-22(34-26)15-16-35-27(36)24-11-4-5-12-25(24)28(35)37/h1-12,17-18,23H,13-16H2,(H,33,34). The van der Waals surface area contributed by atoms with Crippen LogP contribution in [-0.2, 0) is 19.0 Å². The van der Waals surface area contributed by atoms with Crippen molar-refractivity contribution in [2.75, 3.05) is 6.54 Å². The number of alkyl halides is 3. The number of fused-ring (bicyclic) bond motifs is 1. The lowest BCUT2D eigenvalue weighted by molar-refractivity contribution is -0.137. The van der Waals surface area contributed by atoms with Gasteiger partial charge in [-0.3, -0.25) is 14.5 Å². The molecule has 1 unspecified atom stereocenters. The number of imidazole rings is 1. The Morgan fingerprint density at radius 2 is 1.46 bits per heavy atom. The molecule has 5 nitrogen and oxygen atoms in total. The SMILES string of the molecule is O=C1c2ccccc2C(=O)N1CCc1cnc(CCC(c2ccccc2)c2cccc(C(F)(F)F)c2)[nH]1. The minimum absolute atomic E-state index is 0.227.